The van der Waals surface area contributed by atoms with Gasteiger partial charge in [-0.05, 0) is 0 Å². The fraction of sp³-hybridized carbons (Fsp3) is 0.556. The number of nitrogens with zero attached hydrogens (tertiary/aromatic N) is 3. The Balaban J connectivity index is 3.34. The van der Waals surface area contributed by atoms with Crippen LogP contribution in [0.5, 0.6) is 0 Å². The first kappa shape index (κ1) is 10.6. The predicted molar refractivity (Wildman–Crippen MR) is 54.4 cm³/mol. The molecule has 0 aliphatic carbocycles. The van der Waals surface area contributed by atoms with Crippen molar-refractivity contribution in [2.24, 2.45) is 17.9 Å². The molecule has 0 aliphatic rings. The van der Waals surface area contributed by atoms with Crippen LogP contribution in [0.4, 0.5) is 0 Å². The molecular formula is C9H16N4O. The smallest absolute Gasteiger partial charge is 0.173 e. The second kappa shape index (κ2) is 3.32. The van der Waals surface area contributed by atoms with Crippen molar-refractivity contribution in [1.29, 1.82) is 0 Å². The first-order valence-corrected chi connectivity index (χ1v) is 4.38. The van der Waals surface area contributed by atoms with Crippen molar-refractivity contribution in [3.63, 3.8) is 0 Å². The molecule has 3 N–H and O–H groups in total. The molecule has 0 amide bonds. The fourth-order valence-corrected chi connectivity index (χ4v) is 1.57. The van der Waals surface area contributed by atoms with E-state index in [1.807, 2.05) is 7.05 Å². The van der Waals surface area contributed by atoms with Gasteiger partial charge in [0, 0.05) is 12.5 Å². The number of nitrogens with two attached hydrogens (primary N) is 1. The lowest BCUT2D eigenvalue weighted by Gasteiger charge is -2.20. The molecule has 5 nitrogen and oxygen atoms in total. The molecule has 0 radical (unpaired) electrons. The van der Waals surface area contributed by atoms with Gasteiger partial charge in [0.1, 0.15) is 0 Å². The third kappa shape index (κ3) is 1.71. The summed E-state index contributed by atoms with van der Waals surface area (Å²) in [7, 11) is 1.84. The number of hydrogen-bond donors (Lipinski definition) is 2. The van der Waals surface area contributed by atoms with Crippen LogP contribution in [0.15, 0.2) is 11.4 Å². The maximum atomic E-state index is 8.61. The Labute approximate surface area is 83.2 Å². The fourth-order valence-electron chi connectivity index (χ4n) is 1.57. The zero-order valence-electron chi connectivity index (χ0n) is 8.94. The Morgan fingerprint density at radius 2 is 2.14 bits per heavy atom. The molecule has 0 bridgehead atoms. The lowest BCUT2D eigenvalue weighted by molar-refractivity contribution is 0.318. The normalized spacial score (nSPS) is 13.3. The molecular weight excluding hydrogens is 180 g/mol. The van der Waals surface area contributed by atoms with Gasteiger partial charge in [-0.25, -0.2) is 0 Å². The largest absolute Gasteiger partial charge is 0.409 e. The highest BCUT2D eigenvalue weighted by atomic mass is 16.4. The van der Waals surface area contributed by atoms with Crippen LogP contribution in [0, 0.1) is 0 Å². The van der Waals surface area contributed by atoms with Crippen LogP contribution in [0.1, 0.15) is 32.0 Å². The summed E-state index contributed by atoms with van der Waals surface area (Å²) < 4.78 is 1.74. The van der Waals surface area contributed by atoms with Crippen LogP contribution in [0.25, 0.3) is 0 Å². The highest BCUT2D eigenvalue weighted by Gasteiger charge is 2.24. The van der Waals surface area contributed by atoms with Gasteiger partial charge < -0.3 is 10.9 Å². The van der Waals surface area contributed by atoms with E-state index < -0.39 is 0 Å². The lowest BCUT2D eigenvalue weighted by Crippen LogP contribution is -2.23. The van der Waals surface area contributed by atoms with Crippen molar-refractivity contribution >= 4 is 5.84 Å². The van der Waals surface area contributed by atoms with Crippen LogP contribution in [0.3, 0.4) is 0 Å². The van der Waals surface area contributed by atoms with Gasteiger partial charge in [-0.2, -0.15) is 5.10 Å². The van der Waals surface area contributed by atoms with Crippen molar-refractivity contribution in [3.05, 3.63) is 17.5 Å². The maximum absolute atomic E-state index is 8.61. The Kier molecular flexibility index (Phi) is 2.51. The number of amidine groups is 1. The average molecular weight is 196 g/mol. The molecule has 0 aliphatic heterocycles. The Bertz CT molecular complexity index is 359. The minimum absolute atomic E-state index is 0.0874. The number of hydrogen-bond acceptors (Lipinski definition) is 3. The SMILES string of the molecule is Cn1ncc(/C(N)=N\O)c1C(C)(C)C. The van der Waals surface area contributed by atoms with Gasteiger partial charge >= 0.3 is 0 Å². The molecule has 1 aromatic heterocycles. The van der Waals surface area contributed by atoms with Gasteiger partial charge in [0.25, 0.3) is 0 Å². The van der Waals surface area contributed by atoms with Crippen LogP contribution < -0.4 is 5.73 Å². The average Bonchev–Trinajstić information content (AvgIpc) is 2.44. The van der Waals surface area contributed by atoms with E-state index in [0.29, 0.717) is 5.56 Å². The Morgan fingerprint density at radius 1 is 1.57 bits per heavy atom. The van der Waals surface area contributed by atoms with E-state index in [1.54, 1.807) is 10.9 Å². The van der Waals surface area contributed by atoms with Crippen LogP contribution in [-0.4, -0.2) is 20.8 Å². The van der Waals surface area contributed by atoms with Gasteiger partial charge in [-0.3, -0.25) is 4.68 Å². The van der Waals surface area contributed by atoms with Gasteiger partial charge in [0.15, 0.2) is 5.84 Å². The molecule has 14 heavy (non-hydrogen) atoms. The van der Waals surface area contributed by atoms with E-state index in [0.717, 1.165) is 5.69 Å². The van der Waals surface area contributed by atoms with Gasteiger partial charge in [0.2, 0.25) is 0 Å². The molecule has 0 aromatic carbocycles. The molecule has 0 saturated carbocycles. The van der Waals surface area contributed by atoms with E-state index in [4.69, 9.17) is 10.9 Å². The van der Waals surface area contributed by atoms with Crippen molar-refractivity contribution < 1.29 is 5.21 Å². The second-order valence-corrected chi connectivity index (χ2v) is 4.27. The highest BCUT2D eigenvalue weighted by Crippen LogP contribution is 2.24. The molecule has 1 aromatic rings. The number of aryl methyl sites for hydroxylation is 1. The molecule has 0 fully saturated rings. The number of aromatic nitrogens is 2. The summed E-state index contributed by atoms with van der Waals surface area (Å²) in [6, 6.07) is 0. The molecule has 78 valence electrons. The topological polar surface area (TPSA) is 76.4 Å². The molecule has 1 heterocycles. The first-order chi connectivity index (χ1) is 6.38. The zero-order chi connectivity index (χ0) is 10.9. The van der Waals surface area contributed by atoms with Crippen molar-refractivity contribution in [2.45, 2.75) is 26.2 Å². The third-order valence-corrected chi connectivity index (χ3v) is 2.03. The summed E-state index contributed by atoms with van der Waals surface area (Å²) in [5, 5.41) is 15.7. The number of oxime groups is 1. The third-order valence-electron chi connectivity index (χ3n) is 2.03. The van der Waals surface area contributed by atoms with Gasteiger partial charge in [0.05, 0.1) is 17.5 Å². The minimum Gasteiger partial charge on any atom is -0.409 e. The zero-order valence-corrected chi connectivity index (χ0v) is 8.94. The van der Waals surface area contributed by atoms with Crippen LogP contribution >= 0.6 is 0 Å². The maximum Gasteiger partial charge on any atom is 0.173 e. The standard InChI is InChI=1S/C9H16N4O/c1-9(2,3)7-6(8(10)12-14)5-11-13(7)4/h5,14H,1-4H3,(H2,10,12). The summed E-state index contributed by atoms with van der Waals surface area (Å²) in [6.07, 6.45) is 1.61. The first-order valence-electron chi connectivity index (χ1n) is 4.38. The van der Waals surface area contributed by atoms with E-state index in [1.165, 1.54) is 0 Å². The molecule has 0 atom stereocenters. The Morgan fingerprint density at radius 3 is 2.57 bits per heavy atom. The summed E-state index contributed by atoms with van der Waals surface area (Å²) in [6.45, 7) is 6.16. The van der Waals surface area contributed by atoms with Crippen LogP contribution in [-0.2, 0) is 12.5 Å². The van der Waals surface area contributed by atoms with Crippen molar-refractivity contribution in [3.8, 4) is 0 Å². The predicted octanol–water partition coefficient (Wildman–Crippen LogP) is 0.812. The second-order valence-electron chi connectivity index (χ2n) is 4.27. The Hall–Kier alpha value is -1.52. The van der Waals surface area contributed by atoms with E-state index in [-0.39, 0.29) is 11.3 Å². The summed E-state index contributed by atoms with van der Waals surface area (Å²) in [5.41, 5.74) is 7.10. The molecule has 0 spiro atoms. The minimum atomic E-state index is -0.0874. The van der Waals surface area contributed by atoms with Gasteiger partial charge in [-0.1, -0.05) is 25.9 Å². The van der Waals surface area contributed by atoms with E-state index in [9.17, 15) is 0 Å². The molecule has 0 unspecified atom stereocenters. The van der Waals surface area contributed by atoms with Crippen LogP contribution in [0.2, 0.25) is 0 Å². The van der Waals surface area contributed by atoms with E-state index >= 15 is 0 Å². The van der Waals surface area contributed by atoms with Crippen molar-refractivity contribution in [2.75, 3.05) is 0 Å². The monoisotopic (exact) mass is 196 g/mol. The number of rotatable bonds is 1. The van der Waals surface area contributed by atoms with Gasteiger partial charge in [-0.15, -0.1) is 0 Å². The molecule has 0 saturated heterocycles. The summed E-state index contributed by atoms with van der Waals surface area (Å²) in [5.74, 6) is 0.100. The quantitative estimate of drug-likeness (QED) is 0.302. The van der Waals surface area contributed by atoms with E-state index in [2.05, 4.69) is 31.0 Å². The highest BCUT2D eigenvalue weighted by molar-refractivity contribution is 5.98. The van der Waals surface area contributed by atoms with Crippen molar-refractivity contribution in [1.82, 2.24) is 9.78 Å². The summed E-state index contributed by atoms with van der Waals surface area (Å²) >= 11 is 0. The molecule has 1 rings (SSSR count). The summed E-state index contributed by atoms with van der Waals surface area (Å²) in [4.78, 5) is 0. The lowest BCUT2D eigenvalue weighted by atomic mass is 9.89. The molecule has 5 heteroatoms.